The van der Waals surface area contributed by atoms with Crippen LogP contribution in [0.25, 0.3) is 5.69 Å². The molecule has 0 unspecified atom stereocenters. The van der Waals surface area contributed by atoms with E-state index in [9.17, 15) is 14.4 Å². The van der Waals surface area contributed by atoms with Crippen molar-refractivity contribution in [1.29, 1.82) is 0 Å². The van der Waals surface area contributed by atoms with Gasteiger partial charge in [-0.3, -0.25) is 18.7 Å². The minimum Gasteiger partial charge on any atom is -0.490 e. The molecular weight excluding hydrogens is 608 g/mol. The Morgan fingerprint density at radius 1 is 1.02 bits per heavy atom. The fourth-order valence-electron chi connectivity index (χ4n) is 5.06. The third kappa shape index (κ3) is 5.56. The number of benzene rings is 3. The fourth-order valence-corrected chi connectivity index (χ4v) is 5.49. The highest BCUT2D eigenvalue weighted by molar-refractivity contribution is 9.10. The van der Waals surface area contributed by atoms with Gasteiger partial charge in [0.15, 0.2) is 0 Å². The summed E-state index contributed by atoms with van der Waals surface area (Å²) >= 11 is 9.61. The number of fused-ring (bicyclic) bond motifs is 1. The topological polar surface area (TPSA) is 85.6 Å². The number of carbonyl (C=O) groups is 2. The Hall–Kier alpha value is -3.82. The molecule has 1 saturated carbocycles. The smallest absolute Gasteiger partial charge is 0.333 e. The van der Waals surface area contributed by atoms with Crippen LogP contribution in [0.5, 0.6) is 5.75 Å². The van der Waals surface area contributed by atoms with Gasteiger partial charge in [0, 0.05) is 23.1 Å². The maximum Gasteiger partial charge on any atom is 0.333 e. The lowest BCUT2D eigenvalue weighted by atomic mass is 10.1. The molecule has 41 heavy (non-hydrogen) atoms. The van der Waals surface area contributed by atoms with Crippen molar-refractivity contribution in [3.05, 3.63) is 115 Å². The zero-order valence-electron chi connectivity index (χ0n) is 22.3. The van der Waals surface area contributed by atoms with E-state index in [0.29, 0.717) is 33.0 Å². The van der Waals surface area contributed by atoms with Gasteiger partial charge in [-0.15, -0.1) is 0 Å². The zero-order valence-corrected chi connectivity index (χ0v) is 24.7. The van der Waals surface area contributed by atoms with Crippen LogP contribution in [0.4, 0.5) is 0 Å². The van der Waals surface area contributed by atoms with E-state index in [4.69, 9.17) is 16.3 Å². The number of rotatable bonds is 7. The van der Waals surface area contributed by atoms with E-state index >= 15 is 0 Å². The van der Waals surface area contributed by atoms with E-state index in [1.165, 1.54) is 4.57 Å². The summed E-state index contributed by atoms with van der Waals surface area (Å²) in [6.45, 7) is 2.57. The van der Waals surface area contributed by atoms with Crippen LogP contribution in [0.2, 0.25) is 5.02 Å². The first-order valence-electron chi connectivity index (χ1n) is 13.5. The first-order chi connectivity index (χ1) is 19.8. The maximum absolute atomic E-state index is 13.9. The first kappa shape index (κ1) is 27.4. The third-order valence-electron chi connectivity index (χ3n) is 7.42. The summed E-state index contributed by atoms with van der Waals surface area (Å²) in [6.07, 6.45) is 2.33. The number of ether oxygens (including phenoxy) is 1. The van der Waals surface area contributed by atoms with E-state index in [1.807, 2.05) is 49.4 Å². The fraction of sp³-hybridized carbons (Fsp3) is 0.258. The average Bonchev–Trinajstić information content (AvgIpc) is 3.76. The summed E-state index contributed by atoms with van der Waals surface area (Å²) in [5, 5.41) is 3.49. The second kappa shape index (κ2) is 11.2. The van der Waals surface area contributed by atoms with Gasteiger partial charge >= 0.3 is 5.69 Å². The maximum atomic E-state index is 13.9. The van der Waals surface area contributed by atoms with Crippen LogP contribution in [-0.2, 0) is 13.1 Å². The minimum absolute atomic E-state index is 0.0973. The van der Waals surface area contributed by atoms with Gasteiger partial charge < -0.3 is 15.0 Å². The number of amides is 2. The van der Waals surface area contributed by atoms with Crippen LogP contribution < -0.4 is 15.7 Å². The van der Waals surface area contributed by atoms with Gasteiger partial charge in [0.1, 0.15) is 11.4 Å². The number of nitrogens with one attached hydrogen (secondary N) is 1. The van der Waals surface area contributed by atoms with Gasteiger partial charge in [-0.05, 0) is 83.7 Å². The van der Waals surface area contributed by atoms with Crippen molar-refractivity contribution in [2.24, 2.45) is 0 Å². The lowest BCUT2D eigenvalue weighted by Crippen LogP contribution is -2.41. The molecule has 1 fully saturated rings. The highest BCUT2D eigenvalue weighted by Crippen LogP contribution is 2.29. The molecule has 1 N–H and O–H groups in total. The van der Waals surface area contributed by atoms with E-state index < -0.39 is 5.91 Å². The van der Waals surface area contributed by atoms with E-state index in [-0.39, 0.29) is 42.5 Å². The van der Waals surface area contributed by atoms with Gasteiger partial charge in [0.05, 0.1) is 35.1 Å². The first-order valence-corrected chi connectivity index (χ1v) is 14.7. The standard InChI is InChI=1S/C31H28BrClN4O4/c1-19(20-5-3-2-4-6-20)34-29(38)28-27-18-35(30(39)21-7-14-25(32)26(33)17-21)15-16-36(27)31(40)37(28)22-8-10-23(11-9-22)41-24-12-13-24/h2-11,14,17,19,24H,12-13,15-16,18H2,1H3,(H,34,38)/t19-/m0/s1. The predicted octanol–water partition coefficient (Wildman–Crippen LogP) is 5.74. The van der Waals surface area contributed by atoms with Gasteiger partial charge in [-0.1, -0.05) is 41.9 Å². The quantitative estimate of drug-likeness (QED) is 0.281. The van der Waals surface area contributed by atoms with Crippen LogP contribution in [-0.4, -0.2) is 38.5 Å². The van der Waals surface area contributed by atoms with Crippen molar-refractivity contribution >= 4 is 39.3 Å². The molecule has 6 rings (SSSR count). The van der Waals surface area contributed by atoms with Crippen molar-refractivity contribution in [1.82, 2.24) is 19.4 Å². The molecule has 0 spiro atoms. The SMILES string of the molecule is C[C@H](NC(=O)c1c2n(c(=O)n1-c1ccc(OC3CC3)cc1)CCN(C(=O)c1ccc(Br)c(Cl)c1)C2)c1ccccc1. The van der Waals surface area contributed by atoms with Gasteiger partial charge in [-0.2, -0.15) is 0 Å². The monoisotopic (exact) mass is 634 g/mol. The Morgan fingerprint density at radius 3 is 2.44 bits per heavy atom. The van der Waals surface area contributed by atoms with E-state index in [0.717, 1.165) is 24.2 Å². The summed E-state index contributed by atoms with van der Waals surface area (Å²) in [4.78, 5) is 42.8. The number of nitrogens with zero attached hydrogens (tertiary/aromatic N) is 3. The molecule has 0 radical (unpaired) electrons. The Labute approximate surface area is 250 Å². The number of hydrogen-bond donors (Lipinski definition) is 1. The Balaban J connectivity index is 1.38. The van der Waals surface area contributed by atoms with Crippen molar-refractivity contribution in [3.8, 4) is 11.4 Å². The molecule has 2 aliphatic rings. The van der Waals surface area contributed by atoms with Crippen LogP contribution >= 0.6 is 27.5 Å². The second-order valence-corrected chi connectivity index (χ2v) is 11.6. The van der Waals surface area contributed by atoms with Crippen LogP contribution in [0.1, 0.15) is 57.9 Å². The van der Waals surface area contributed by atoms with Crippen LogP contribution in [0.15, 0.2) is 82.1 Å². The molecule has 8 nitrogen and oxygen atoms in total. The van der Waals surface area contributed by atoms with Crippen molar-refractivity contribution < 1.29 is 14.3 Å². The summed E-state index contributed by atoms with van der Waals surface area (Å²) in [5.41, 5.74) is 2.29. The Morgan fingerprint density at radius 2 is 1.76 bits per heavy atom. The molecule has 4 aromatic rings. The molecule has 210 valence electrons. The normalized spacial score (nSPS) is 15.2. The highest BCUT2D eigenvalue weighted by Gasteiger charge is 2.33. The minimum atomic E-state index is -0.397. The molecule has 1 aromatic heterocycles. The number of imidazole rings is 1. The van der Waals surface area contributed by atoms with Crippen LogP contribution in [0, 0.1) is 0 Å². The van der Waals surface area contributed by atoms with Gasteiger partial charge in [-0.25, -0.2) is 4.79 Å². The number of halogens is 2. The van der Waals surface area contributed by atoms with E-state index in [1.54, 1.807) is 39.8 Å². The largest absolute Gasteiger partial charge is 0.490 e. The van der Waals surface area contributed by atoms with Gasteiger partial charge in [0.25, 0.3) is 11.8 Å². The number of aromatic nitrogens is 2. The van der Waals surface area contributed by atoms with Crippen molar-refractivity contribution in [3.63, 3.8) is 0 Å². The third-order valence-corrected chi connectivity index (χ3v) is 8.65. The highest BCUT2D eigenvalue weighted by atomic mass is 79.9. The Bertz CT molecular complexity index is 1680. The van der Waals surface area contributed by atoms with Crippen LogP contribution in [0.3, 0.4) is 0 Å². The molecule has 2 heterocycles. The van der Waals surface area contributed by atoms with Gasteiger partial charge in [0.2, 0.25) is 0 Å². The molecule has 1 aliphatic heterocycles. The number of hydrogen-bond acceptors (Lipinski definition) is 4. The average molecular weight is 636 g/mol. The molecule has 3 aromatic carbocycles. The van der Waals surface area contributed by atoms with E-state index in [2.05, 4.69) is 21.2 Å². The lowest BCUT2D eigenvalue weighted by molar-refractivity contribution is 0.0706. The predicted molar refractivity (Wildman–Crippen MR) is 160 cm³/mol. The molecule has 1 atom stereocenters. The molecule has 10 heteroatoms. The lowest BCUT2D eigenvalue weighted by Gasteiger charge is -2.28. The zero-order chi connectivity index (χ0) is 28.7. The second-order valence-electron chi connectivity index (χ2n) is 10.3. The van der Waals surface area contributed by atoms with Crippen molar-refractivity contribution in [2.45, 2.75) is 45.0 Å². The summed E-state index contributed by atoms with van der Waals surface area (Å²) in [7, 11) is 0. The summed E-state index contributed by atoms with van der Waals surface area (Å²) in [6, 6.07) is 21.6. The Kier molecular flexibility index (Phi) is 7.48. The summed E-state index contributed by atoms with van der Waals surface area (Å²) < 4.78 is 9.60. The molecule has 2 amide bonds. The number of carbonyl (C=O) groups excluding carboxylic acids is 2. The molecule has 0 bridgehead atoms. The molecule has 1 aliphatic carbocycles. The molecule has 0 saturated heterocycles. The molecular formula is C31H28BrClN4O4. The van der Waals surface area contributed by atoms with Crippen molar-refractivity contribution in [2.75, 3.05) is 6.54 Å². The summed E-state index contributed by atoms with van der Waals surface area (Å²) in [5.74, 6) is 0.102.